The van der Waals surface area contributed by atoms with Gasteiger partial charge in [-0.2, -0.15) is 5.26 Å². The van der Waals surface area contributed by atoms with Crippen molar-refractivity contribution in [2.45, 2.75) is 61.7 Å². The predicted molar refractivity (Wildman–Crippen MR) is 182 cm³/mol. The van der Waals surface area contributed by atoms with Gasteiger partial charge in [0.1, 0.15) is 11.8 Å². The Kier molecular flexibility index (Phi) is 11.3. The lowest BCUT2D eigenvalue weighted by Crippen LogP contribution is -2.37. The second-order valence-corrected chi connectivity index (χ2v) is 14.4. The van der Waals surface area contributed by atoms with Crippen molar-refractivity contribution < 1.29 is 13.7 Å². The SMILES string of the molecule is COc1c(C#N)cc2c(c1C(=O)N(C)CC(CCN1CCC(c3ccccc3S(C)=O)CC1)c1ccc(Cl)c(Cl)c1)CCCC2. The molecule has 0 saturated carbocycles. The number of methoxy groups -OCH3 is 1. The van der Waals surface area contributed by atoms with Gasteiger partial charge in [0.05, 0.1) is 39.1 Å². The van der Waals surface area contributed by atoms with Gasteiger partial charge in [-0.15, -0.1) is 0 Å². The Morgan fingerprint density at radius 3 is 2.53 bits per heavy atom. The number of hydrogen-bond donors (Lipinski definition) is 0. The smallest absolute Gasteiger partial charge is 0.257 e. The van der Waals surface area contributed by atoms with Gasteiger partial charge in [0, 0.05) is 30.7 Å². The van der Waals surface area contributed by atoms with E-state index in [2.05, 4.69) is 17.0 Å². The van der Waals surface area contributed by atoms with E-state index in [9.17, 15) is 14.3 Å². The lowest BCUT2D eigenvalue weighted by molar-refractivity contribution is 0.0776. The number of fused-ring (bicyclic) bond motifs is 1. The number of nitrogens with zero attached hydrogens (tertiary/aromatic N) is 3. The number of ether oxygens (including phenoxy) is 1. The van der Waals surface area contributed by atoms with Gasteiger partial charge in [0.15, 0.2) is 0 Å². The van der Waals surface area contributed by atoms with E-state index in [-0.39, 0.29) is 11.8 Å². The van der Waals surface area contributed by atoms with Crippen LogP contribution in [0.5, 0.6) is 5.75 Å². The molecule has 2 aliphatic rings. The van der Waals surface area contributed by atoms with E-state index in [4.69, 9.17) is 27.9 Å². The summed E-state index contributed by atoms with van der Waals surface area (Å²) in [4.78, 5) is 19.4. The summed E-state index contributed by atoms with van der Waals surface area (Å²) in [6.45, 7) is 3.28. The Balaban J connectivity index is 1.33. The van der Waals surface area contributed by atoms with E-state index < -0.39 is 10.8 Å². The molecule has 0 bridgehead atoms. The maximum Gasteiger partial charge on any atom is 0.257 e. The summed E-state index contributed by atoms with van der Waals surface area (Å²) < 4.78 is 18.0. The van der Waals surface area contributed by atoms with Gasteiger partial charge in [0.2, 0.25) is 0 Å². The summed E-state index contributed by atoms with van der Waals surface area (Å²) in [5, 5.41) is 10.9. The molecule has 6 nitrogen and oxygen atoms in total. The normalized spacial score (nSPS) is 16.8. The van der Waals surface area contributed by atoms with Gasteiger partial charge < -0.3 is 14.5 Å². The number of amides is 1. The molecule has 0 radical (unpaired) electrons. The van der Waals surface area contributed by atoms with E-state index in [1.807, 2.05) is 49.5 Å². The van der Waals surface area contributed by atoms with Crippen LogP contribution in [0, 0.1) is 11.3 Å². The molecule has 1 aliphatic heterocycles. The van der Waals surface area contributed by atoms with E-state index in [0.29, 0.717) is 39.4 Å². The largest absolute Gasteiger partial charge is 0.495 e. The van der Waals surface area contributed by atoms with Crippen LogP contribution >= 0.6 is 23.2 Å². The summed E-state index contributed by atoms with van der Waals surface area (Å²) in [5.41, 5.74) is 5.27. The van der Waals surface area contributed by atoms with E-state index >= 15 is 0 Å². The number of likely N-dealkylation sites (tertiary alicyclic amines) is 1. The summed E-state index contributed by atoms with van der Waals surface area (Å²) in [6, 6.07) is 18.0. The number of piperidine rings is 1. The average molecular weight is 667 g/mol. The summed E-state index contributed by atoms with van der Waals surface area (Å²) >= 11 is 12.8. The molecule has 3 aromatic carbocycles. The Morgan fingerprint density at radius 1 is 1.11 bits per heavy atom. The molecule has 1 aliphatic carbocycles. The number of benzene rings is 3. The molecule has 0 N–H and O–H groups in total. The third-order valence-corrected chi connectivity index (χ3v) is 11.2. The maximum absolute atomic E-state index is 14.2. The van der Waals surface area contributed by atoms with Crippen molar-refractivity contribution in [3.63, 3.8) is 0 Å². The van der Waals surface area contributed by atoms with Crippen LogP contribution in [0.25, 0.3) is 0 Å². The fourth-order valence-electron chi connectivity index (χ4n) is 7.03. The van der Waals surface area contributed by atoms with Gasteiger partial charge in [-0.05, 0) is 117 Å². The molecule has 238 valence electrons. The fourth-order valence-corrected chi connectivity index (χ4v) is 8.17. The van der Waals surface area contributed by atoms with Gasteiger partial charge in [-0.1, -0.05) is 47.5 Å². The molecule has 45 heavy (non-hydrogen) atoms. The molecule has 0 aromatic heterocycles. The molecule has 2 atom stereocenters. The third-order valence-electron chi connectivity index (χ3n) is 9.45. The van der Waals surface area contributed by atoms with Crippen LogP contribution in [0.15, 0.2) is 53.4 Å². The van der Waals surface area contributed by atoms with Crippen molar-refractivity contribution in [2.24, 2.45) is 0 Å². The van der Waals surface area contributed by atoms with Crippen molar-refractivity contribution >= 4 is 39.9 Å². The highest BCUT2D eigenvalue weighted by Crippen LogP contribution is 2.37. The summed E-state index contributed by atoms with van der Waals surface area (Å²) in [6.07, 6.45) is 8.35. The van der Waals surface area contributed by atoms with Crippen LogP contribution in [0.3, 0.4) is 0 Å². The molecule has 0 spiro atoms. The molecule has 1 heterocycles. The third kappa shape index (κ3) is 7.58. The lowest BCUT2D eigenvalue weighted by atomic mass is 9.85. The highest BCUT2D eigenvalue weighted by molar-refractivity contribution is 7.84. The van der Waals surface area contributed by atoms with Crippen molar-refractivity contribution in [2.75, 3.05) is 46.6 Å². The number of aryl methyl sites for hydroxylation is 1. The molecule has 2 unspecified atom stereocenters. The Labute approximate surface area is 279 Å². The van der Waals surface area contributed by atoms with Gasteiger partial charge in [-0.25, -0.2) is 0 Å². The van der Waals surface area contributed by atoms with Crippen LogP contribution in [0.4, 0.5) is 0 Å². The van der Waals surface area contributed by atoms with Crippen LogP contribution in [0.1, 0.15) is 82.1 Å². The quantitative estimate of drug-likeness (QED) is 0.223. The zero-order chi connectivity index (χ0) is 32.1. The summed E-state index contributed by atoms with van der Waals surface area (Å²) in [5.74, 6) is 0.675. The van der Waals surface area contributed by atoms with E-state index in [1.54, 1.807) is 11.2 Å². The number of carbonyl (C=O) groups is 1. The zero-order valence-electron chi connectivity index (χ0n) is 26.3. The number of hydrogen-bond acceptors (Lipinski definition) is 5. The molecule has 5 rings (SSSR count). The second-order valence-electron chi connectivity index (χ2n) is 12.2. The zero-order valence-corrected chi connectivity index (χ0v) is 28.6. The summed E-state index contributed by atoms with van der Waals surface area (Å²) in [7, 11) is 2.36. The van der Waals surface area contributed by atoms with E-state index in [1.165, 1.54) is 12.7 Å². The monoisotopic (exact) mass is 665 g/mol. The fraction of sp³-hybridized carbons (Fsp3) is 0.444. The number of halogens is 2. The minimum absolute atomic E-state index is 0.0237. The number of likely N-dealkylation sites (N-methyl/N-ethyl adjacent to an activating group) is 1. The molecule has 1 amide bonds. The maximum atomic E-state index is 14.2. The molecule has 9 heteroatoms. The molecule has 1 fully saturated rings. The molecule has 3 aromatic rings. The average Bonchev–Trinajstić information content (AvgIpc) is 3.06. The van der Waals surface area contributed by atoms with Gasteiger partial charge >= 0.3 is 0 Å². The minimum atomic E-state index is -1.00. The molecular weight excluding hydrogens is 625 g/mol. The van der Waals surface area contributed by atoms with Gasteiger partial charge in [0.25, 0.3) is 5.91 Å². The minimum Gasteiger partial charge on any atom is -0.495 e. The first-order valence-electron chi connectivity index (χ1n) is 15.7. The first-order valence-corrected chi connectivity index (χ1v) is 18.0. The van der Waals surface area contributed by atoms with Crippen molar-refractivity contribution in [1.29, 1.82) is 5.26 Å². The highest BCUT2D eigenvalue weighted by Gasteiger charge is 2.30. The van der Waals surface area contributed by atoms with Gasteiger partial charge in [-0.3, -0.25) is 9.00 Å². The lowest BCUT2D eigenvalue weighted by Gasteiger charge is -2.34. The predicted octanol–water partition coefficient (Wildman–Crippen LogP) is 7.62. The number of nitriles is 1. The van der Waals surface area contributed by atoms with Crippen LogP contribution in [0.2, 0.25) is 10.0 Å². The Morgan fingerprint density at radius 2 is 1.84 bits per heavy atom. The molecular formula is C36H41Cl2N3O3S. The van der Waals surface area contributed by atoms with Crippen molar-refractivity contribution in [3.05, 3.63) is 92.0 Å². The first kappa shape index (κ1) is 33.5. The highest BCUT2D eigenvalue weighted by atomic mass is 35.5. The van der Waals surface area contributed by atoms with Crippen LogP contribution in [-0.4, -0.2) is 66.5 Å². The first-order chi connectivity index (χ1) is 21.7. The topological polar surface area (TPSA) is 73.6 Å². The standard InChI is InChI=1S/C36H41Cl2N3O3S/c1-40(36(42)34-30-10-5-4-8-26(30)20-28(22-39)35(34)44-2)23-27(25-12-13-31(37)32(38)21-25)16-19-41-17-14-24(15-18-41)29-9-6-7-11-33(29)45(3)43/h6-7,9,11-13,20-21,24,27H,4-5,8,10,14-19,23H2,1-3H3. The van der Waals surface area contributed by atoms with E-state index in [0.717, 1.165) is 86.2 Å². The van der Waals surface area contributed by atoms with Crippen LogP contribution < -0.4 is 4.74 Å². The van der Waals surface area contributed by atoms with Crippen molar-refractivity contribution in [3.8, 4) is 11.8 Å². The molecule has 1 saturated heterocycles. The van der Waals surface area contributed by atoms with Crippen molar-refractivity contribution in [1.82, 2.24) is 9.80 Å². The Bertz CT molecular complexity index is 1610. The number of carbonyl (C=O) groups excluding carboxylic acids is 1. The Hall–Kier alpha value is -2.89. The number of rotatable bonds is 10. The second kappa shape index (κ2) is 15.1. The van der Waals surface area contributed by atoms with Crippen LogP contribution in [-0.2, 0) is 23.6 Å².